The lowest BCUT2D eigenvalue weighted by molar-refractivity contribution is -0.133. The first-order valence-electron chi connectivity index (χ1n) is 8.39. The van der Waals surface area contributed by atoms with Crippen molar-refractivity contribution in [2.24, 2.45) is 0 Å². The summed E-state index contributed by atoms with van der Waals surface area (Å²) in [6.45, 7) is -0.229. The van der Waals surface area contributed by atoms with Crippen LogP contribution in [0.4, 0.5) is 4.39 Å². The van der Waals surface area contributed by atoms with Crippen molar-refractivity contribution >= 4 is 5.91 Å². The third-order valence-corrected chi connectivity index (χ3v) is 4.20. The zero-order chi connectivity index (χ0) is 18.4. The Morgan fingerprint density at radius 3 is 1.92 bits per heavy atom. The lowest BCUT2D eigenvalue weighted by atomic mass is 9.97. The molecule has 0 aliphatic heterocycles. The lowest BCUT2D eigenvalue weighted by Gasteiger charge is -2.29. The van der Waals surface area contributed by atoms with Crippen LogP contribution >= 0.6 is 0 Å². The maximum Gasteiger partial charge on any atom is 0.261 e. The number of halogens is 1. The molecule has 0 N–H and O–H groups in total. The fourth-order valence-electron chi connectivity index (χ4n) is 2.86. The Kier molecular flexibility index (Phi) is 5.64. The summed E-state index contributed by atoms with van der Waals surface area (Å²) in [6.07, 6.45) is 0. The zero-order valence-electron chi connectivity index (χ0n) is 14.5. The van der Waals surface area contributed by atoms with Crippen molar-refractivity contribution in [2.75, 3.05) is 13.7 Å². The second-order valence-corrected chi connectivity index (χ2v) is 5.95. The summed E-state index contributed by atoms with van der Waals surface area (Å²) in [6, 6.07) is 25.4. The van der Waals surface area contributed by atoms with Crippen LogP contribution in [-0.4, -0.2) is 24.5 Å². The van der Waals surface area contributed by atoms with E-state index < -0.39 is 5.82 Å². The van der Waals surface area contributed by atoms with E-state index in [-0.39, 0.29) is 24.3 Å². The van der Waals surface area contributed by atoms with E-state index in [4.69, 9.17) is 4.74 Å². The Labute approximate surface area is 152 Å². The number of carbonyl (C=O) groups excluding carboxylic acids is 1. The van der Waals surface area contributed by atoms with Crippen LogP contribution in [0.3, 0.4) is 0 Å². The summed E-state index contributed by atoms with van der Waals surface area (Å²) in [5.74, 6) is -0.637. The second kappa shape index (κ2) is 8.30. The summed E-state index contributed by atoms with van der Waals surface area (Å²) in [5, 5.41) is 0. The van der Waals surface area contributed by atoms with Crippen molar-refractivity contribution in [3.05, 3.63) is 102 Å². The Bertz CT molecular complexity index is 813. The van der Waals surface area contributed by atoms with Gasteiger partial charge in [0, 0.05) is 7.05 Å². The van der Waals surface area contributed by atoms with Crippen LogP contribution in [0.2, 0.25) is 0 Å². The van der Waals surface area contributed by atoms with Crippen LogP contribution < -0.4 is 4.74 Å². The third kappa shape index (κ3) is 4.09. The molecule has 3 nitrogen and oxygen atoms in total. The molecule has 0 fully saturated rings. The molecule has 0 unspecified atom stereocenters. The molecule has 0 spiro atoms. The van der Waals surface area contributed by atoms with Crippen molar-refractivity contribution in [1.82, 2.24) is 4.90 Å². The minimum absolute atomic E-state index is 0.0743. The van der Waals surface area contributed by atoms with E-state index in [1.165, 1.54) is 12.1 Å². The minimum atomic E-state index is -0.481. The molecular weight excluding hydrogens is 329 g/mol. The number of ether oxygens (including phenoxy) is 1. The number of nitrogens with zero attached hydrogens (tertiary/aromatic N) is 1. The second-order valence-electron chi connectivity index (χ2n) is 5.95. The summed E-state index contributed by atoms with van der Waals surface area (Å²) in [7, 11) is 1.73. The number of para-hydroxylation sites is 1. The van der Waals surface area contributed by atoms with E-state index in [1.54, 1.807) is 24.1 Å². The van der Waals surface area contributed by atoms with Crippen LogP contribution in [0.15, 0.2) is 84.9 Å². The van der Waals surface area contributed by atoms with E-state index >= 15 is 0 Å². The van der Waals surface area contributed by atoms with Gasteiger partial charge in [-0.3, -0.25) is 4.79 Å². The number of hydrogen-bond acceptors (Lipinski definition) is 2. The van der Waals surface area contributed by atoms with Crippen LogP contribution in [0.5, 0.6) is 5.75 Å². The maximum atomic E-state index is 13.7. The van der Waals surface area contributed by atoms with E-state index in [1.807, 2.05) is 60.7 Å². The third-order valence-electron chi connectivity index (χ3n) is 4.20. The molecule has 0 bridgehead atoms. The SMILES string of the molecule is CN(C(=O)COc1ccccc1F)C(c1ccccc1)c1ccccc1. The van der Waals surface area contributed by atoms with Gasteiger partial charge >= 0.3 is 0 Å². The van der Waals surface area contributed by atoms with E-state index in [9.17, 15) is 9.18 Å². The van der Waals surface area contributed by atoms with Gasteiger partial charge in [0.15, 0.2) is 18.2 Å². The molecule has 0 heterocycles. The fourth-order valence-corrected chi connectivity index (χ4v) is 2.86. The van der Waals surface area contributed by atoms with Gasteiger partial charge in [0.1, 0.15) is 0 Å². The Morgan fingerprint density at radius 1 is 0.885 bits per heavy atom. The number of hydrogen-bond donors (Lipinski definition) is 0. The average molecular weight is 349 g/mol. The van der Waals surface area contributed by atoms with Gasteiger partial charge in [0.25, 0.3) is 5.91 Å². The lowest BCUT2D eigenvalue weighted by Crippen LogP contribution is -2.35. The quantitative estimate of drug-likeness (QED) is 0.658. The maximum absolute atomic E-state index is 13.7. The molecule has 0 radical (unpaired) electrons. The zero-order valence-corrected chi connectivity index (χ0v) is 14.5. The van der Waals surface area contributed by atoms with Gasteiger partial charge < -0.3 is 9.64 Å². The topological polar surface area (TPSA) is 29.5 Å². The van der Waals surface area contributed by atoms with E-state index in [0.717, 1.165) is 11.1 Å². The molecule has 0 atom stereocenters. The van der Waals surface area contributed by atoms with Gasteiger partial charge in [-0.1, -0.05) is 72.8 Å². The molecule has 26 heavy (non-hydrogen) atoms. The van der Waals surface area contributed by atoms with E-state index in [0.29, 0.717) is 0 Å². The van der Waals surface area contributed by atoms with Crippen LogP contribution in [-0.2, 0) is 4.79 Å². The van der Waals surface area contributed by atoms with Gasteiger partial charge in [-0.05, 0) is 23.3 Å². The molecule has 3 aromatic rings. The molecule has 4 heteroatoms. The molecule has 0 aliphatic rings. The van der Waals surface area contributed by atoms with Gasteiger partial charge in [0.05, 0.1) is 6.04 Å². The molecule has 0 aliphatic carbocycles. The number of rotatable bonds is 6. The van der Waals surface area contributed by atoms with Gasteiger partial charge in [-0.2, -0.15) is 0 Å². The minimum Gasteiger partial charge on any atom is -0.481 e. The molecule has 3 rings (SSSR count). The predicted octanol–water partition coefficient (Wildman–Crippen LogP) is 4.45. The highest BCUT2D eigenvalue weighted by molar-refractivity contribution is 5.78. The molecule has 0 aromatic heterocycles. The van der Waals surface area contributed by atoms with Crippen molar-refractivity contribution in [2.45, 2.75) is 6.04 Å². The van der Waals surface area contributed by atoms with Crippen molar-refractivity contribution in [3.63, 3.8) is 0 Å². The van der Waals surface area contributed by atoms with Crippen molar-refractivity contribution in [3.8, 4) is 5.75 Å². The normalized spacial score (nSPS) is 10.6. The van der Waals surface area contributed by atoms with Crippen molar-refractivity contribution < 1.29 is 13.9 Å². The Morgan fingerprint density at radius 2 is 1.38 bits per heavy atom. The highest BCUT2D eigenvalue weighted by Gasteiger charge is 2.23. The summed E-state index contributed by atoms with van der Waals surface area (Å²) < 4.78 is 19.1. The molecular formula is C22H20FNO2. The summed E-state index contributed by atoms with van der Waals surface area (Å²) in [5.41, 5.74) is 2.00. The van der Waals surface area contributed by atoms with Crippen LogP contribution in [0.1, 0.15) is 17.2 Å². The first-order valence-corrected chi connectivity index (χ1v) is 8.39. The smallest absolute Gasteiger partial charge is 0.261 e. The number of benzene rings is 3. The first-order chi connectivity index (χ1) is 12.7. The molecule has 1 amide bonds. The van der Waals surface area contributed by atoms with Crippen molar-refractivity contribution in [1.29, 1.82) is 0 Å². The van der Waals surface area contributed by atoms with Gasteiger partial charge in [-0.15, -0.1) is 0 Å². The highest BCUT2D eigenvalue weighted by atomic mass is 19.1. The monoisotopic (exact) mass is 349 g/mol. The number of amides is 1. The summed E-state index contributed by atoms with van der Waals surface area (Å²) in [4.78, 5) is 14.3. The van der Waals surface area contributed by atoms with E-state index in [2.05, 4.69) is 0 Å². The highest BCUT2D eigenvalue weighted by Crippen LogP contribution is 2.27. The molecule has 0 saturated carbocycles. The van der Waals surface area contributed by atoms with Crippen LogP contribution in [0, 0.1) is 5.82 Å². The first kappa shape index (κ1) is 17.7. The van der Waals surface area contributed by atoms with Gasteiger partial charge in [-0.25, -0.2) is 4.39 Å². The number of carbonyl (C=O) groups is 1. The summed E-state index contributed by atoms with van der Waals surface area (Å²) >= 11 is 0. The largest absolute Gasteiger partial charge is 0.481 e. The van der Waals surface area contributed by atoms with Crippen LogP contribution in [0.25, 0.3) is 0 Å². The standard InChI is InChI=1S/C22H20FNO2/c1-24(21(25)16-26-20-15-9-8-14-19(20)23)22(17-10-4-2-5-11-17)18-12-6-3-7-13-18/h2-15,22H,16H2,1H3. The predicted molar refractivity (Wildman–Crippen MR) is 99.4 cm³/mol. The molecule has 132 valence electrons. The fraction of sp³-hybridized carbons (Fsp3) is 0.136. The number of likely N-dealkylation sites (N-methyl/N-ethyl adjacent to an activating group) is 1. The molecule has 3 aromatic carbocycles. The van der Waals surface area contributed by atoms with Gasteiger partial charge in [0.2, 0.25) is 0 Å². The molecule has 0 saturated heterocycles. The average Bonchev–Trinajstić information content (AvgIpc) is 2.69. The Balaban J connectivity index is 1.80. The Hall–Kier alpha value is -3.14.